The van der Waals surface area contributed by atoms with Gasteiger partial charge in [-0.25, -0.2) is 9.59 Å². The number of carbonyl (C=O) groups excluding carboxylic acids is 2. The van der Waals surface area contributed by atoms with E-state index in [2.05, 4.69) is 5.32 Å². The molecule has 32 heavy (non-hydrogen) atoms. The quantitative estimate of drug-likeness (QED) is 0.238. The van der Waals surface area contributed by atoms with Crippen LogP contribution in [0.3, 0.4) is 0 Å². The summed E-state index contributed by atoms with van der Waals surface area (Å²) in [5.41, 5.74) is 1.30. The summed E-state index contributed by atoms with van der Waals surface area (Å²) in [5.74, 6) is -0.617. The molecule has 0 heterocycles. The van der Waals surface area contributed by atoms with Gasteiger partial charge in [0.1, 0.15) is 24.1 Å². The van der Waals surface area contributed by atoms with E-state index in [0.29, 0.717) is 5.56 Å². The molecular weight excluding hydrogens is 416 g/mol. The normalized spacial score (nSPS) is 11.2. The first-order valence-corrected chi connectivity index (χ1v) is 9.62. The molecule has 0 fully saturated rings. The molecule has 0 bridgehead atoms. The van der Waals surface area contributed by atoms with E-state index in [1.165, 1.54) is 36.4 Å². The van der Waals surface area contributed by atoms with Crippen LogP contribution in [0.1, 0.15) is 11.1 Å². The number of phenols is 1. The van der Waals surface area contributed by atoms with Crippen molar-refractivity contribution in [2.45, 2.75) is 19.1 Å². The van der Waals surface area contributed by atoms with Gasteiger partial charge in [-0.2, -0.15) is 0 Å². The van der Waals surface area contributed by atoms with Gasteiger partial charge >= 0.3 is 12.1 Å². The molecule has 2 N–H and O–H groups in total. The third-order valence-electron chi connectivity index (χ3n) is 4.43. The number of nitrogens with one attached hydrogen (secondary N) is 1. The lowest BCUT2D eigenvalue weighted by Gasteiger charge is -2.18. The summed E-state index contributed by atoms with van der Waals surface area (Å²) >= 11 is 0. The molecule has 0 radical (unpaired) electrons. The van der Waals surface area contributed by atoms with Crippen LogP contribution in [0.25, 0.3) is 0 Å². The lowest BCUT2D eigenvalue weighted by Crippen LogP contribution is -2.44. The van der Waals surface area contributed by atoms with Crippen molar-refractivity contribution in [3.05, 3.63) is 100 Å². The number of hydrogen-bond acceptors (Lipinski definition) is 7. The Bertz CT molecular complexity index is 1070. The summed E-state index contributed by atoms with van der Waals surface area (Å²) in [6.07, 6.45) is -0.731. The Morgan fingerprint density at radius 2 is 1.59 bits per heavy atom. The number of carbonyl (C=O) groups is 2. The maximum atomic E-state index is 12.7. The minimum atomic E-state index is -1.10. The number of hydrogen-bond donors (Lipinski definition) is 2. The number of rotatable bonds is 8. The zero-order valence-corrected chi connectivity index (χ0v) is 16.8. The molecule has 1 unspecified atom stereocenters. The van der Waals surface area contributed by atoms with Gasteiger partial charge in [0.05, 0.1) is 4.92 Å². The Labute approximate surface area is 183 Å². The summed E-state index contributed by atoms with van der Waals surface area (Å²) in [4.78, 5) is 35.2. The van der Waals surface area contributed by atoms with Crippen LogP contribution in [0.15, 0.2) is 78.9 Å². The molecular formula is C23H20N2O7. The molecule has 0 saturated carbocycles. The van der Waals surface area contributed by atoms with Gasteiger partial charge in [-0.1, -0.05) is 42.5 Å². The van der Waals surface area contributed by atoms with E-state index >= 15 is 0 Å². The first-order valence-electron chi connectivity index (χ1n) is 9.62. The summed E-state index contributed by atoms with van der Waals surface area (Å²) in [5, 5.41) is 22.7. The van der Waals surface area contributed by atoms with Crippen molar-refractivity contribution >= 4 is 17.7 Å². The van der Waals surface area contributed by atoms with Gasteiger partial charge in [-0.15, -0.1) is 0 Å². The van der Waals surface area contributed by atoms with Gasteiger partial charge in [-0.05, 0) is 35.4 Å². The number of amides is 1. The second-order valence-corrected chi connectivity index (χ2v) is 6.80. The second-order valence-electron chi connectivity index (χ2n) is 6.80. The average molecular weight is 436 g/mol. The maximum absolute atomic E-state index is 12.7. The minimum Gasteiger partial charge on any atom is -0.508 e. The van der Waals surface area contributed by atoms with Gasteiger partial charge < -0.3 is 19.9 Å². The van der Waals surface area contributed by atoms with E-state index in [1.54, 1.807) is 24.3 Å². The predicted octanol–water partition coefficient (Wildman–Crippen LogP) is 3.74. The van der Waals surface area contributed by atoms with Gasteiger partial charge in [0.2, 0.25) is 0 Å². The molecule has 3 aromatic carbocycles. The van der Waals surface area contributed by atoms with E-state index in [4.69, 9.17) is 9.47 Å². The highest BCUT2D eigenvalue weighted by Gasteiger charge is 2.24. The molecule has 0 spiro atoms. The molecule has 1 amide bonds. The first kappa shape index (κ1) is 22.3. The fourth-order valence-electron chi connectivity index (χ4n) is 2.79. The van der Waals surface area contributed by atoms with Crippen LogP contribution in [0, 0.1) is 10.1 Å². The average Bonchev–Trinajstić information content (AvgIpc) is 2.79. The van der Waals surface area contributed by atoms with Gasteiger partial charge in [0, 0.05) is 18.6 Å². The molecule has 0 aliphatic rings. The van der Waals surface area contributed by atoms with Crippen LogP contribution in [-0.2, 0) is 22.6 Å². The van der Waals surface area contributed by atoms with E-state index in [-0.39, 0.29) is 30.2 Å². The number of nitro benzene ring substituents is 1. The number of nitrogens with zero attached hydrogens (tertiary/aromatic N) is 1. The summed E-state index contributed by atoms with van der Waals surface area (Å²) in [7, 11) is 0. The zero-order valence-electron chi connectivity index (χ0n) is 16.8. The Morgan fingerprint density at radius 3 is 2.22 bits per heavy atom. The Morgan fingerprint density at radius 1 is 0.938 bits per heavy atom. The number of esters is 1. The molecule has 9 heteroatoms. The molecule has 9 nitrogen and oxygen atoms in total. The van der Waals surface area contributed by atoms with Gasteiger partial charge in [-0.3, -0.25) is 10.1 Å². The van der Waals surface area contributed by atoms with Gasteiger partial charge in [0.25, 0.3) is 5.69 Å². The lowest BCUT2D eigenvalue weighted by atomic mass is 10.1. The number of non-ortho nitro benzene ring substituents is 1. The summed E-state index contributed by atoms with van der Waals surface area (Å²) in [6, 6.07) is 19.1. The lowest BCUT2D eigenvalue weighted by molar-refractivity contribution is -0.384. The van der Waals surface area contributed by atoms with Crippen LogP contribution in [0.4, 0.5) is 10.5 Å². The first-order chi connectivity index (χ1) is 15.4. The highest BCUT2D eigenvalue weighted by molar-refractivity contribution is 5.83. The van der Waals surface area contributed by atoms with Crippen LogP contribution in [-0.4, -0.2) is 28.1 Å². The van der Waals surface area contributed by atoms with E-state index in [0.717, 1.165) is 5.56 Å². The Kier molecular flexibility index (Phi) is 7.37. The number of benzene rings is 3. The standard InChI is InChI=1S/C23H20N2O7/c26-19-10-6-16(7-11-19)14-21(24-23(28)31-15-17-4-2-1-3-5-17)22(27)32-20-12-8-18(9-13-20)25(29)30/h1-13,21,26H,14-15H2,(H,24,28). The fraction of sp³-hybridized carbons (Fsp3) is 0.130. The fourth-order valence-corrected chi connectivity index (χ4v) is 2.79. The second kappa shape index (κ2) is 10.6. The number of ether oxygens (including phenoxy) is 2. The van der Waals surface area contributed by atoms with Gasteiger partial charge in [0.15, 0.2) is 0 Å². The van der Waals surface area contributed by atoms with Crippen molar-refractivity contribution in [2.75, 3.05) is 0 Å². The van der Waals surface area contributed by atoms with Crippen LogP contribution >= 0.6 is 0 Å². The highest BCUT2D eigenvalue weighted by Crippen LogP contribution is 2.19. The number of nitro groups is 1. The molecule has 0 aromatic heterocycles. The largest absolute Gasteiger partial charge is 0.508 e. The van der Waals surface area contributed by atoms with E-state index in [9.17, 15) is 24.8 Å². The molecule has 0 aliphatic carbocycles. The molecule has 0 saturated heterocycles. The van der Waals surface area contributed by atoms with Crippen molar-refractivity contribution in [3.8, 4) is 11.5 Å². The number of aromatic hydroxyl groups is 1. The van der Waals surface area contributed by atoms with Crippen LogP contribution in [0.5, 0.6) is 11.5 Å². The van der Waals surface area contributed by atoms with Crippen molar-refractivity contribution in [3.63, 3.8) is 0 Å². The summed E-state index contributed by atoms with van der Waals surface area (Å²) < 4.78 is 10.5. The predicted molar refractivity (Wildman–Crippen MR) is 114 cm³/mol. The van der Waals surface area contributed by atoms with E-state index < -0.39 is 23.0 Å². The van der Waals surface area contributed by atoms with E-state index in [1.807, 2.05) is 18.2 Å². The highest BCUT2D eigenvalue weighted by atomic mass is 16.6. The third-order valence-corrected chi connectivity index (χ3v) is 4.43. The summed E-state index contributed by atoms with van der Waals surface area (Å²) in [6.45, 7) is 0.0238. The monoisotopic (exact) mass is 436 g/mol. The Hall–Kier alpha value is -4.40. The Balaban J connectivity index is 1.68. The van der Waals surface area contributed by atoms with Crippen molar-refractivity contribution in [1.82, 2.24) is 5.32 Å². The van der Waals surface area contributed by atoms with Crippen molar-refractivity contribution < 1.29 is 29.1 Å². The maximum Gasteiger partial charge on any atom is 0.408 e. The third kappa shape index (κ3) is 6.56. The molecule has 3 aromatic rings. The smallest absolute Gasteiger partial charge is 0.408 e. The zero-order chi connectivity index (χ0) is 22.9. The SMILES string of the molecule is O=C(NC(Cc1ccc(O)cc1)C(=O)Oc1ccc([N+](=O)[O-])cc1)OCc1ccccc1. The van der Waals surface area contributed by atoms with Crippen molar-refractivity contribution in [1.29, 1.82) is 0 Å². The minimum absolute atomic E-state index is 0.0238. The molecule has 3 rings (SSSR count). The molecule has 1 atom stereocenters. The van der Waals surface area contributed by atoms with Crippen LogP contribution < -0.4 is 10.1 Å². The number of phenolic OH excluding ortho intramolecular Hbond substituents is 1. The molecule has 0 aliphatic heterocycles. The van der Waals surface area contributed by atoms with Crippen molar-refractivity contribution in [2.24, 2.45) is 0 Å². The van der Waals surface area contributed by atoms with Crippen LogP contribution in [0.2, 0.25) is 0 Å². The number of alkyl carbamates (subject to hydrolysis) is 1. The topological polar surface area (TPSA) is 128 Å². The molecule has 164 valence electrons.